The molecule has 4 aliphatic rings. The van der Waals surface area contributed by atoms with Gasteiger partial charge in [-0.05, 0) is 59.5 Å². The first-order valence-corrected chi connectivity index (χ1v) is 14.1. The van der Waals surface area contributed by atoms with E-state index in [9.17, 15) is 23.1 Å². The molecular formula is C29H30N2O7S. The van der Waals surface area contributed by atoms with E-state index in [4.69, 9.17) is 9.47 Å². The van der Waals surface area contributed by atoms with E-state index in [1.807, 2.05) is 12.2 Å². The lowest BCUT2D eigenvalue weighted by Gasteiger charge is -2.22. The second kappa shape index (κ2) is 13.1. The van der Waals surface area contributed by atoms with Crippen LogP contribution in [0.25, 0.3) is 0 Å². The average molecular weight is 551 g/mol. The Morgan fingerprint density at radius 3 is 1.92 bits per heavy atom. The van der Waals surface area contributed by atoms with Crippen LogP contribution in [0, 0.1) is 0 Å². The summed E-state index contributed by atoms with van der Waals surface area (Å²) >= 11 is 0. The zero-order valence-electron chi connectivity index (χ0n) is 21.2. The second-order valence-corrected chi connectivity index (χ2v) is 10.9. The average Bonchev–Trinajstić information content (AvgIpc) is 2.91. The smallest absolute Gasteiger partial charge is 0.326 e. The van der Waals surface area contributed by atoms with Crippen LogP contribution in [-0.2, 0) is 38.2 Å². The van der Waals surface area contributed by atoms with Crippen molar-refractivity contribution in [2.45, 2.75) is 30.7 Å². The molecule has 0 aliphatic carbocycles. The number of nitrogens with one attached hydrogen (secondary N) is 2. The SMILES string of the molecule is O=C(O)[C@@H]1Cc2ccc(cc2)OC/C=C\COc2ccc(cc2)C[C@@H](NS(=O)(=O)Cc2ccccc2)C(=O)N1. The first-order valence-electron chi connectivity index (χ1n) is 12.4. The first-order chi connectivity index (χ1) is 18.8. The maximum Gasteiger partial charge on any atom is 0.326 e. The normalized spacial score (nSPS) is 19.3. The predicted molar refractivity (Wildman–Crippen MR) is 146 cm³/mol. The third-order valence-electron chi connectivity index (χ3n) is 6.04. The molecule has 3 N–H and O–H groups in total. The number of sulfonamides is 1. The first kappa shape index (κ1) is 27.9. The Balaban J connectivity index is 1.61. The topological polar surface area (TPSA) is 131 Å². The number of hydrogen-bond acceptors (Lipinski definition) is 6. The van der Waals surface area contributed by atoms with Crippen LogP contribution in [0.1, 0.15) is 16.7 Å². The van der Waals surface area contributed by atoms with E-state index in [1.54, 1.807) is 78.9 Å². The number of carboxylic acids is 1. The lowest BCUT2D eigenvalue weighted by molar-refractivity contribution is -0.142. The van der Waals surface area contributed by atoms with Gasteiger partial charge in [0.15, 0.2) is 0 Å². The van der Waals surface area contributed by atoms with E-state index in [0.717, 1.165) is 0 Å². The van der Waals surface area contributed by atoms with Gasteiger partial charge < -0.3 is 19.9 Å². The number of benzene rings is 3. The number of amides is 1. The van der Waals surface area contributed by atoms with E-state index in [0.29, 0.717) is 41.4 Å². The third kappa shape index (κ3) is 8.69. The molecule has 0 aromatic heterocycles. The highest BCUT2D eigenvalue weighted by molar-refractivity contribution is 7.88. The van der Waals surface area contributed by atoms with Crippen LogP contribution in [-0.4, -0.2) is 50.7 Å². The Bertz CT molecular complexity index is 1390. The number of aliphatic carboxylic acids is 1. The highest BCUT2D eigenvalue weighted by Crippen LogP contribution is 2.17. The lowest BCUT2D eigenvalue weighted by atomic mass is 10.0. The summed E-state index contributed by atoms with van der Waals surface area (Å²) < 4.78 is 39.9. The molecule has 204 valence electrons. The molecule has 0 radical (unpaired) electrons. The maximum atomic E-state index is 13.3. The highest BCUT2D eigenvalue weighted by Gasteiger charge is 2.29. The summed E-state index contributed by atoms with van der Waals surface area (Å²) in [5, 5.41) is 12.3. The molecule has 0 spiro atoms. The van der Waals surface area contributed by atoms with Crippen molar-refractivity contribution in [3.05, 3.63) is 108 Å². The van der Waals surface area contributed by atoms with Gasteiger partial charge in [-0.3, -0.25) is 4.79 Å². The molecule has 0 fully saturated rings. The van der Waals surface area contributed by atoms with Gasteiger partial charge >= 0.3 is 5.97 Å². The molecule has 0 saturated heterocycles. The minimum absolute atomic E-state index is 0.0107. The van der Waals surface area contributed by atoms with Crippen LogP contribution in [0.2, 0.25) is 0 Å². The van der Waals surface area contributed by atoms with Crippen molar-refractivity contribution in [3.8, 4) is 11.5 Å². The number of carbonyl (C=O) groups is 2. The Labute approximate surface area is 227 Å². The minimum atomic E-state index is -3.94. The summed E-state index contributed by atoms with van der Waals surface area (Å²) in [5.41, 5.74) is 1.90. The van der Waals surface area contributed by atoms with Crippen molar-refractivity contribution >= 4 is 21.9 Å². The number of carbonyl (C=O) groups excluding carboxylic acids is 1. The molecule has 1 amide bonds. The second-order valence-electron chi connectivity index (χ2n) is 9.10. The van der Waals surface area contributed by atoms with Crippen molar-refractivity contribution < 1.29 is 32.6 Å². The van der Waals surface area contributed by atoms with Gasteiger partial charge in [0, 0.05) is 6.42 Å². The summed E-state index contributed by atoms with van der Waals surface area (Å²) in [6.45, 7) is 0.680. The Kier molecular flexibility index (Phi) is 9.35. The Morgan fingerprint density at radius 1 is 0.846 bits per heavy atom. The molecule has 0 unspecified atom stereocenters. The van der Waals surface area contributed by atoms with Gasteiger partial charge in [-0.15, -0.1) is 0 Å². The van der Waals surface area contributed by atoms with Crippen molar-refractivity contribution in [2.24, 2.45) is 0 Å². The van der Waals surface area contributed by atoms with E-state index in [-0.39, 0.29) is 18.6 Å². The van der Waals surface area contributed by atoms with Crippen molar-refractivity contribution in [2.75, 3.05) is 13.2 Å². The fraction of sp³-hybridized carbons (Fsp3) is 0.241. The predicted octanol–water partition coefficient (Wildman–Crippen LogP) is 2.86. The fourth-order valence-electron chi connectivity index (χ4n) is 4.05. The summed E-state index contributed by atoms with van der Waals surface area (Å²) in [6.07, 6.45) is 3.69. The van der Waals surface area contributed by atoms with Gasteiger partial charge in [-0.25, -0.2) is 17.9 Å². The van der Waals surface area contributed by atoms with Gasteiger partial charge in [-0.2, -0.15) is 0 Å². The van der Waals surface area contributed by atoms with Crippen LogP contribution >= 0.6 is 0 Å². The molecular weight excluding hydrogens is 520 g/mol. The standard InChI is InChI=1S/C29H30N2O7S/c32-28-26(31-39(35,36)20-23-6-2-1-3-7-23)18-21-8-12-24(13-9-21)37-16-4-5-17-38-25-14-10-22(11-15-25)19-27(30-28)29(33)34/h1-15,26-27,31H,16-20H2,(H,30,32)(H,33,34)/b5-4-/t26-,27+/m1/s1. The number of ether oxygens (including phenoxy) is 2. The zero-order valence-corrected chi connectivity index (χ0v) is 22.0. The third-order valence-corrected chi connectivity index (χ3v) is 7.39. The van der Waals surface area contributed by atoms with Crippen LogP contribution in [0.4, 0.5) is 0 Å². The lowest BCUT2D eigenvalue weighted by Crippen LogP contribution is -2.53. The van der Waals surface area contributed by atoms with E-state index >= 15 is 0 Å². The van der Waals surface area contributed by atoms with Gasteiger partial charge in [0.25, 0.3) is 0 Å². The molecule has 4 bridgehead atoms. The number of hydrogen-bond donors (Lipinski definition) is 3. The fourth-order valence-corrected chi connectivity index (χ4v) is 5.39. The van der Waals surface area contributed by atoms with Gasteiger partial charge in [0.2, 0.25) is 15.9 Å². The molecule has 7 rings (SSSR count). The summed E-state index contributed by atoms with van der Waals surface area (Å²) in [4.78, 5) is 25.4. The van der Waals surface area contributed by atoms with Gasteiger partial charge in [0.05, 0.1) is 5.75 Å². The monoisotopic (exact) mass is 550 g/mol. The van der Waals surface area contributed by atoms with Crippen LogP contribution < -0.4 is 19.5 Å². The van der Waals surface area contributed by atoms with E-state index in [1.165, 1.54) is 0 Å². The van der Waals surface area contributed by atoms with E-state index < -0.39 is 34.0 Å². The van der Waals surface area contributed by atoms with Crippen LogP contribution in [0.15, 0.2) is 91.0 Å². The molecule has 2 atom stereocenters. The molecule has 39 heavy (non-hydrogen) atoms. The molecule has 3 aromatic rings. The summed E-state index contributed by atoms with van der Waals surface area (Å²) in [6, 6.07) is 19.9. The zero-order chi connectivity index (χ0) is 27.7. The van der Waals surface area contributed by atoms with Crippen molar-refractivity contribution in [3.63, 3.8) is 0 Å². The van der Waals surface area contributed by atoms with Crippen LogP contribution in [0.5, 0.6) is 11.5 Å². The minimum Gasteiger partial charge on any atom is -0.490 e. The van der Waals surface area contributed by atoms with Crippen molar-refractivity contribution in [1.29, 1.82) is 0 Å². The number of carboxylic acid groups (broad SMARTS) is 1. The molecule has 3 aromatic carbocycles. The largest absolute Gasteiger partial charge is 0.490 e. The molecule has 4 heterocycles. The maximum absolute atomic E-state index is 13.3. The summed E-state index contributed by atoms with van der Waals surface area (Å²) in [7, 11) is -3.94. The Hall–Kier alpha value is -4.15. The highest BCUT2D eigenvalue weighted by atomic mass is 32.2. The number of rotatable bonds is 5. The Morgan fingerprint density at radius 2 is 1.38 bits per heavy atom. The van der Waals surface area contributed by atoms with Crippen LogP contribution in [0.3, 0.4) is 0 Å². The van der Waals surface area contributed by atoms with Gasteiger partial charge in [-0.1, -0.05) is 54.6 Å². The quantitative estimate of drug-likeness (QED) is 0.417. The van der Waals surface area contributed by atoms with Gasteiger partial charge in [0.1, 0.15) is 36.8 Å². The molecule has 4 aliphatic heterocycles. The molecule has 10 heteroatoms. The summed E-state index contributed by atoms with van der Waals surface area (Å²) in [5.74, 6) is -1.08. The molecule has 9 nitrogen and oxygen atoms in total. The molecule has 0 saturated carbocycles. The van der Waals surface area contributed by atoms with Crippen molar-refractivity contribution in [1.82, 2.24) is 10.0 Å². The van der Waals surface area contributed by atoms with E-state index in [2.05, 4.69) is 10.0 Å².